The molecule has 0 unspecified atom stereocenters. The van der Waals surface area contributed by atoms with Crippen molar-refractivity contribution < 1.29 is 48.7 Å². The van der Waals surface area contributed by atoms with E-state index in [4.69, 9.17) is 18.9 Å². The number of hydrogen-bond donors (Lipinski definition) is 3. The van der Waals surface area contributed by atoms with E-state index in [-0.39, 0.29) is 31.7 Å². The van der Waals surface area contributed by atoms with Crippen molar-refractivity contribution in [3.63, 3.8) is 0 Å². The molecule has 11 atom stereocenters. The number of ether oxygens (including phenoxy) is 4. The van der Waals surface area contributed by atoms with Crippen LogP contribution in [0.25, 0.3) is 0 Å². The Balaban J connectivity index is 1.77. The summed E-state index contributed by atoms with van der Waals surface area (Å²) < 4.78 is 23.3. The highest BCUT2D eigenvalue weighted by Crippen LogP contribution is 2.64. The van der Waals surface area contributed by atoms with Crippen molar-refractivity contribution in [3.05, 3.63) is 11.6 Å². The maximum absolute atomic E-state index is 12.9. The first-order valence-electron chi connectivity index (χ1n) is 14.8. The first kappa shape index (κ1) is 30.9. The Kier molecular flexibility index (Phi) is 8.77. The number of esters is 3. The van der Waals surface area contributed by atoms with Crippen LogP contribution < -0.4 is 0 Å². The van der Waals surface area contributed by atoms with Crippen molar-refractivity contribution in [2.45, 2.75) is 141 Å². The third-order valence-electron chi connectivity index (χ3n) is 9.90. The Bertz CT molecular complexity index is 1030. The molecular weight excluding hydrogens is 520 g/mol. The number of hydrogen-bond acceptors (Lipinski definition) is 10. The van der Waals surface area contributed by atoms with Gasteiger partial charge in [-0.2, -0.15) is 0 Å². The number of aliphatic hydroxyl groups excluding tert-OH is 3. The highest BCUT2D eigenvalue weighted by Gasteiger charge is 2.86. The average Bonchev–Trinajstić information content (AvgIpc) is 3.48. The molecule has 226 valence electrons. The molecule has 2 aliphatic carbocycles. The molecule has 4 rings (SSSR count). The van der Waals surface area contributed by atoms with Gasteiger partial charge in [0.15, 0.2) is 17.3 Å². The molecule has 1 spiro atoms. The van der Waals surface area contributed by atoms with Gasteiger partial charge in [0.05, 0.1) is 18.3 Å². The van der Waals surface area contributed by atoms with Crippen LogP contribution in [-0.2, 0) is 33.3 Å². The first-order valence-corrected chi connectivity index (χ1v) is 14.8. The lowest BCUT2D eigenvalue weighted by Crippen LogP contribution is -2.66. The van der Waals surface area contributed by atoms with Crippen molar-refractivity contribution >= 4 is 17.9 Å². The van der Waals surface area contributed by atoms with Crippen LogP contribution in [0.3, 0.4) is 0 Å². The molecule has 0 aromatic heterocycles. The number of carbonyl (C=O) groups is 3. The zero-order valence-electron chi connectivity index (χ0n) is 24.6. The molecule has 10 nitrogen and oxygen atoms in total. The van der Waals surface area contributed by atoms with E-state index < -0.39 is 77.0 Å². The summed E-state index contributed by atoms with van der Waals surface area (Å²) in [6, 6.07) is 0. The summed E-state index contributed by atoms with van der Waals surface area (Å²) in [5, 5.41) is 35.8. The Labute approximate surface area is 236 Å². The highest BCUT2D eigenvalue weighted by atomic mass is 16.7. The highest BCUT2D eigenvalue weighted by molar-refractivity contribution is 5.88. The van der Waals surface area contributed by atoms with Gasteiger partial charge >= 0.3 is 17.9 Å². The zero-order valence-corrected chi connectivity index (χ0v) is 24.6. The van der Waals surface area contributed by atoms with Crippen LogP contribution in [0.4, 0.5) is 0 Å². The predicted molar refractivity (Wildman–Crippen MR) is 143 cm³/mol. The van der Waals surface area contributed by atoms with E-state index in [9.17, 15) is 29.7 Å². The van der Waals surface area contributed by atoms with Crippen LogP contribution in [0.5, 0.6) is 0 Å². The molecule has 0 aromatic rings. The largest absolute Gasteiger partial charge is 0.462 e. The fourth-order valence-electron chi connectivity index (χ4n) is 7.42. The molecule has 2 aliphatic heterocycles. The molecule has 2 heterocycles. The summed E-state index contributed by atoms with van der Waals surface area (Å²) in [4.78, 5) is 38.2. The second-order valence-corrected chi connectivity index (χ2v) is 12.6. The number of rotatable bonds is 8. The second-order valence-electron chi connectivity index (χ2n) is 12.6. The maximum Gasteiger partial charge on any atom is 0.342 e. The minimum absolute atomic E-state index is 0.0336. The van der Waals surface area contributed by atoms with Gasteiger partial charge in [-0.05, 0) is 38.7 Å². The van der Waals surface area contributed by atoms with Gasteiger partial charge < -0.3 is 34.3 Å². The van der Waals surface area contributed by atoms with Crippen molar-refractivity contribution in [2.24, 2.45) is 17.3 Å². The summed E-state index contributed by atoms with van der Waals surface area (Å²) in [6.07, 6.45) is -1.35. The summed E-state index contributed by atoms with van der Waals surface area (Å²) in [5.74, 6) is -2.93. The van der Waals surface area contributed by atoms with Crippen LogP contribution in [-0.4, -0.2) is 81.1 Å². The smallest absolute Gasteiger partial charge is 0.342 e. The van der Waals surface area contributed by atoms with Gasteiger partial charge in [0.2, 0.25) is 0 Å². The third kappa shape index (κ3) is 4.88. The van der Waals surface area contributed by atoms with E-state index in [1.807, 2.05) is 20.8 Å². The lowest BCUT2D eigenvalue weighted by atomic mass is 9.53. The van der Waals surface area contributed by atoms with Gasteiger partial charge in [-0.1, -0.05) is 46.1 Å². The maximum atomic E-state index is 12.9. The summed E-state index contributed by atoms with van der Waals surface area (Å²) in [7, 11) is 0. The third-order valence-corrected chi connectivity index (χ3v) is 9.90. The van der Waals surface area contributed by atoms with E-state index in [1.54, 1.807) is 26.8 Å². The predicted octanol–water partition coefficient (Wildman–Crippen LogP) is 2.74. The Morgan fingerprint density at radius 3 is 2.27 bits per heavy atom. The van der Waals surface area contributed by atoms with Crippen LogP contribution in [0.15, 0.2) is 11.6 Å². The van der Waals surface area contributed by atoms with Gasteiger partial charge in [-0.15, -0.1) is 0 Å². The average molecular weight is 567 g/mol. The van der Waals surface area contributed by atoms with Gasteiger partial charge in [0, 0.05) is 37.0 Å². The molecule has 0 amide bonds. The minimum Gasteiger partial charge on any atom is -0.462 e. The van der Waals surface area contributed by atoms with Crippen LogP contribution >= 0.6 is 0 Å². The topological polar surface area (TPSA) is 152 Å². The van der Waals surface area contributed by atoms with E-state index in [2.05, 4.69) is 0 Å². The molecular formula is C30H46O10. The number of unbranched alkanes of at least 4 members (excludes halogenated alkanes) is 2. The Morgan fingerprint density at radius 1 is 1.00 bits per heavy atom. The monoisotopic (exact) mass is 566 g/mol. The van der Waals surface area contributed by atoms with E-state index in [1.165, 1.54) is 0 Å². The van der Waals surface area contributed by atoms with Crippen LogP contribution in [0.1, 0.15) is 92.9 Å². The quantitative estimate of drug-likeness (QED) is 0.131. The Morgan fingerprint density at radius 2 is 1.65 bits per heavy atom. The first-order chi connectivity index (χ1) is 18.8. The van der Waals surface area contributed by atoms with E-state index in [0.717, 1.165) is 12.8 Å². The zero-order chi connectivity index (χ0) is 29.6. The molecule has 3 fully saturated rings. The molecule has 4 aliphatic rings. The summed E-state index contributed by atoms with van der Waals surface area (Å²) in [6.45, 7) is 10.7. The fourth-order valence-corrected chi connectivity index (χ4v) is 7.42. The van der Waals surface area contributed by atoms with Gasteiger partial charge in [0.1, 0.15) is 12.2 Å². The summed E-state index contributed by atoms with van der Waals surface area (Å²) >= 11 is 0. The standard InChI is InChI=1S/C30H46O10/c1-7-9-10-12-23(33)37-18-15-20(31)28(5)24(17(18)4)26(35)30-21(39-27(36)29(30,6)40-30)14-16(3)13-19(25(28)34)38-22(32)11-8-2/h14,17-21,24-26,31,34-35H,7-13,15H2,1-6H3/b16-14-/t17-,18-,19-,20-,21-,24+,25-,26-,28-,29+,30-/m0/s1. The Hall–Kier alpha value is -2.01. The second kappa shape index (κ2) is 11.3. The van der Waals surface area contributed by atoms with Gasteiger partial charge in [-0.25, -0.2) is 4.79 Å². The van der Waals surface area contributed by atoms with Crippen molar-refractivity contribution in [3.8, 4) is 0 Å². The van der Waals surface area contributed by atoms with Crippen LogP contribution in [0, 0.1) is 17.3 Å². The van der Waals surface area contributed by atoms with Gasteiger partial charge in [-0.3, -0.25) is 9.59 Å². The lowest BCUT2D eigenvalue weighted by molar-refractivity contribution is -0.232. The molecule has 2 saturated heterocycles. The number of aliphatic hydroxyl groups is 3. The normalized spacial score (nSPS) is 45.6. The lowest BCUT2D eigenvalue weighted by Gasteiger charge is -2.56. The number of epoxide rings is 1. The van der Waals surface area contributed by atoms with Gasteiger partial charge in [0.25, 0.3) is 0 Å². The molecule has 40 heavy (non-hydrogen) atoms. The fraction of sp³-hybridized carbons (Fsp3) is 0.833. The SMILES string of the molecule is CCCCCC(=O)O[C@H]1C[C@H](O)[C@@]2(C)[C@H]([C@H]1C)[C@H](O)[C@]13O[C@]1(C)C(=O)O[C@H]3/C=C(/C)C[C@H](OC(=O)CCC)[C@@H]2O. The van der Waals surface area contributed by atoms with Crippen LogP contribution in [0.2, 0.25) is 0 Å². The molecule has 1 saturated carbocycles. The minimum atomic E-state index is -1.44. The van der Waals surface area contributed by atoms with Crippen molar-refractivity contribution in [2.75, 3.05) is 0 Å². The van der Waals surface area contributed by atoms with Crippen molar-refractivity contribution in [1.82, 2.24) is 0 Å². The molecule has 0 bridgehead atoms. The molecule has 0 radical (unpaired) electrons. The van der Waals surface area contributed by atoms with E-state index in [0.29, 0.717) is 18.4 Å². The number of carbonyl (C=O) groups excluding carboxylic acids is 3. The molecule has 0 aromatic carbocycles. The van der Waals surface area contributed by atoms with E-state index >= 15 is 0 Å². The number of fused-ring (bicyclic) bond motifs is 1. The van der Waals surface area contributed by atoms with Crippen molar-refractivity contribution in [1.29, 1.82) is 0 Å². The molecule has 10 heteroatoms. The summed E-state index contributed by atoms with van der Waals surface area (Å²) in [5.41, 5.74) is -3.59. The molecule has 3 N–H and O–H groups in total.